The smallest absolute Gasteiger partial charge is 0.236 e. The lowest BCUT2D eigenvalue weighted by Crippen LogP contribution is -2.43. The fraction of sp³-hybridized carbons (Fsp3) is 0.462. The summed E-state index contributed by atoms with van der Waals surface area (Å²) in [6.07, 6.45) is 1.91. The second-order valence-electron chi connectivity index (χ2n) is 4.48. The Morgan fingerprint density at radius 1 is 1.44 bits per heavy atom. The molecule has 98 valence electrons. The molecule has 0 aliphatic carbocycles. The molecule has 2 atom stereocenters. The number of carbonyl (C=O) groups is 1. The van der Waals surface area contributed by atoms with E-state index in [0.29, 0.717) is 10.0 Å². The molecular formula is C13H14BrCl2NO. The number of halogens is 3. The highest BCUT2D eigenvalue weighted by atomic mass is 79.9. The van der Waals surface area contributed by atoms with E-state index in [1.165, 1.54) is 0 Å². The summed E-state index contributed by atoms with van der Waals surface area (Å²) in [7, 11) is 0. The summed E-state index contributed by atoms with van der Waals surface area (Å²) < 4.78 is 0. The SMILES string of the molecule is CC(c1ccc(Cl)cc1Cl)N1CCCC(Br)C1=O. The van der Waals surface area contributed by atoms with Crippen LogP contribution in [0.3, 0.4) is 0 Å². The predicted molar refractivity (Wildman–Crippen MR) is 78.5 cm³/mol. The van der Waals surface area contributed by atoms with E-state index in [9.17, 15) is 4.79 Å². The van der Waals surface area contributed by atoms with Crippen molar-refractivity contribution >= 4 is 45.0 Å². The molecule has 5 heteroatoms. The minimum Gasteiger partial charge on any atom is -0.335 e. The first-order valence-corrected chi connectivity index (χ1v) is 7.57. The van der Waals surface area contributed by atoms with Gasteiger partial charge in [0.05, 0.1) is 10.9 Å². The van der Waals surface area contributed by atoms with Gasteiger partial charge in [0.25, 0.3) is 0 Å². The summed E-state index contributed by atoms with van der Waals surface area (Å²) in [4.78, 5) is 13.9. The molecule has 1 aromatic rings. The lowest BCUT2D eigenvalue weighted by Gasteiger charge is -2.35. The quantitative estimate of drug-likeness (QED) is 0.722. The van der Waals surface area contributed by atoms with Crippen LogP contribution in [-0.2, 0) is 4.79 Å². The van der Waals surface area contributed by atoms with Crippen molar-refractivity contribution in [3.05, 3.63) is 33.8 Å². The zero-order chi connectivity index (χ0) is 13.3. The predicted octanol–water partition coefficient (Wildman–Crippen LogP) is 4.44. The fourth-order valence-corrected chi connectivity index (χ4v) is 3.40. The number of carbonyl (C=O) groups excluding carboxylic acids is 1. The van der Waals surface area contributed by atoms with Gasteiger partial charge in [-0.15, -0.1) is 0 Å². The van der Waals surface area contributed by atoms with Gasteiger partial charge in [0, 0.05) is 16.6 Å². The molecule has 18 heavy (non-hydrogen) atoms. The van der Waals surface area contributed by atoms with Crippen LogP contribution >= 0.6 is 39.1 Å². The van der Waals surface area contributed by atoms with Gasteiger partial charge in [-0.2, -0.15) is 0 Å². The third-order valence-corrected chi connectivity index (χ3v) is 4.70. The lowest BCUT2D eigenvalue weighted by atomic mass is 10.0. The summed E-state index contributed by atoms with van der Waals surface area (Å²) in [5, 5.41) is 1.22. The number of hydrogen-bond acceptors (Lipinski definition) is 1. The van der Waals surface area contributed by atoms with E-state index in [0.717, 1.165) is 24.9 Å². The fourth-order valence-electron chi connectivity index (χ4n) is 2.25. The normalized spacial score (nSPS) is 22.1. The van der Waals surface area contributed by atoms with Crippen LogP contribution in [0.2, 0.25) is 10.0 Å². The number of benzene rings is 1. The summed E-state index contributed by atoms with van der Waals surface area (Å²) in [5.74, 6) is 0.139. The topological polar surface area (TPSA) is 20.3 Å². The van der Waals surface area contributed by atoms with Gasteiger partial charge in [0.2, 0.25) is 5.91 Å². The van der Waals surface area contributed by atoms with Crippen LogP contribution in [-0.4, -0.2) is 22.2 Å². The zero-order valence-corrected chi connectivity index (χ0v) is 13.1. The van der Waals surface area contributed by atoms with Crippen molar-refractivity contribution in [3.8, 4) is 0 Å². The van der Waals surface area contributed by atoms with E-state index in [4.69, 9.17) is 23.2 Å². The number of nitrogens with zero attached hydrogens (tertiary/aromatic N) is 1. The maximum atomic E-state index is 12.1. The van der Waals surface area contributed by atoms with Gasteiger partial charge >= 0.3 is 0 Å². The van der Waals surface area contributed by atoms with Crippen molar-refractivity contribution in [2.75, 3.05) is 6.54 Å². The Bertz CT molecular complexity index is 466. The van der Waals surface area contributed by atoms with Crippen LogP contribution in [0.5, 0.6) is 0 Å². The van der Waals surface area contributed by atoms with E-state index in [1.54, 1.807) is 12.1 Å². The molecule has 1 aliphatic rings. The largest absolute Gasteiger partial charge is 0.335 e. The first-order chi connectivity index (χ1) is 8.50. The van der Waals surface area contributed by atoms with Gasteiger partial charge < -0.3 is 4.90 Å². The van der Waals surface area contributed by atoms with Crippen molar-refractivity contribution in [2.45, 2.75) is 30.6 Å². The van der Waals surface area contributed by atoms with Crippen LogP contribution in [0, 0.1) is 0 Å². The molecule has 2 nitrogen and oxygen atoms in total. The van der Waals surface area contributed by atoms with E-state index < -0.39 is 0 Å². The summed E-state index contributed by atoms with van der Waals surface area (Å²) >= 11 is 15.5. The molecule has 1 saturated heterocycles. The maximum Gasteiger partial charge on any atom is 0.236 e. The Balaban J connectivity index is 2.24. The van der Waals surface area contributed by atoms with Gasteiger partial charge in [0.1, 0.15) is 0 Å². The molecule has 0 bridgehead atoms. The minimum absolute atomic E-state index is 0.0254. The Morgan fingerprint density at radius 3 is 2.83 bits per heavy atom. The lowest BCUT2D eigenvalue weighted by molar-refractivity contribution is -0.134. The second-order valence-corrected chi connectivity index (χ2v) is 6.43. The number of amides is 1. The average molecular weight is 351 g/mol. The highest BCUT2D eigenvalue weighted by molar-refractivity contribution is 9.10. The first-order valence-electron chi connectivity index (χ1n) is 5.90. The van der Waals surface area contributed by atoms with Crippen molar-refractivity contribution in [1.29, 1.82) is 0 Å². The molecule has 0 radical (unpaired) electrons. The highest BCUT2D eigenvalue weighted by Crippen LogP contribution is 2.32. The molecule has 1 fully saturated rings. The highest BCUT2D eigenvalue weighted by Gasteiger charge is 2.30. The van der Waals surface area contributed by atoms with Crippen LogP contribution < -0.4 is 0 Å². The van der Waals surface area contributed by atoms with Crippen LogP contribution in [0.4, 0.5) is 0 Å². The molecule has 1 heterocycles. The summed E-state index contributed by atoms with van der Waals surface area (Å²) in [5.41, 5.74) is 0.941. The average Bonchev–Trinajstić information content (AvgIpc) is 2.32. The maximum absolute atomic E-state index is 12.1. The third-order valence-electron chi connectivity index (χ3n) is 3.29. The van der Waals surface area contributed by atoms with E-state index in [2.05, 4.69) is 15.9 Å². The van der Waals surface area contributed by atoms with Crippen molar-refractivity contribution in [1.82, 2.24) is 4.90 Å². The summed E-state index contributed by atoms with van der Waals surface area (Å²) in [6, 6.07) is 5.39. The molecule has 0 spiro atoms. The first kappa shape index (κ1) is 14.2. The van der Waals surface area contributed by atoms with Crippen LogP contribution in [0.1, 0.15) is 31.4 Å². The standard InChI is InChI=1S/C13H14BrCl2NO/c1-8(10-5-4-9(15)7-12(10)16)17-6-2-3-11(14)13(17)18/h4-5,7-8,11H,2-3,6H2,1H3. The minimum atomic E-state index is -0.0697. The third kappa shape index (κ3) is 2.84. The van der Waals surface area contributed by atoms with Gasteiger partial charge in [-0.3, -0.25) is 4.79 Å². The van der Waals surface area contributed by atoms with Crippen molar-refractivity contribution in [2.24, 2.45) is 0 Å². The molecule has 2 rings (SSSR count). The molecule has 1 amide bonds. The molecular weight excluding hydrogens is 337 g/mol. The van der Waals surface area contributed by atoms with Crippen molar-refractivity contribution in [3.63, 3.8) is 0 Å². The zero-order valence-electron chi connectivity index (χ0n) is 10.00. The van der Waals surface area contributed by atoms with Gasteiger partial charge in [-0.25, -0.2) is 0 Å². The van der Waals surface area contributed by atoms with Gasteiger partial charge in [-0.1, -0.05) is 45.2 Å². The van der Waals surface area contributed by atoms with E-state index in [1.807, 2.05) is 17.9 Å². The Hall–Kier alpha value is -0.250. The second kappa shape index (κ2) is 5.81. The van der Waals surface area contributed by atoms with Gasteiger partial charge in [0.15, 0.2) is 0 Å². The molecule has 0 saturated carbocycles. The molecule has 1 aromatic carbocycles. The molecule has 1 aliphatic heterocycles. The number of rotatable bonds is 2. The van der Waals surface area contributed by atoms with Gasteiger partial charge in [-0.05, 0) is 37.5 Å². The number of piperidine rings is 1. The Labute approximate surface area is 125 Å². The molecule has 0 aromatic heterocycles. The Kier molecular flexibility index (Phi) is 4.57. The van der Waals surface area contributed by atoms with Crippen LogP contribution in [0.25, 0.3) is 0 Å². The molecule has 2 unspecified atom stereocenters. The number of likely N-dealkylation sites (tertiary alicyclic amines) is 1. The number of alkyl halides is 1. The van der Waals surface area contributed by atoms with Crippen molar-refractivity contribution < 1.29 is 4.79 Å². The van der Waals surface area contributed by atoms with Crippen LogP contribution in [0.15, 0.2) is 18.2 Å². The molecule has 0 N–H and O–H groups in total. The Morgan fingerprint density at radius 2 is 2.17 bits per heavy atom. The number of hydrogen-bond donors (Lipinski definition) is 0. The summed E-state index contributed by atoms with van der Waals surface area (Å²) in [6.45, 7) is 2.78. The van der Waals surface area contributed by atoms with E-state index >= 15 is 0 Å². The monoisotopic (exact) mass is 349 g/mol. The van der Waals surface area contributed by atoms with E-state index in [-0.39, 0.29) is 16.8 Å².